The van der Waals surface area contributed by atoms with E-state index in [-0.39, 0.29) is 12.5 Å². The zero-order valence-corrected chi connectivity index (χ0v) is 12.6. The molecule has 1 aromatic carbocycles. The maximum absolute atomic E-state index is 11.7. The minimum atomic E-state index is -0.239. The van der Waals surface area contributed by atoms with Crippen molar-refractivity contribution >= 4 is 11.6 Å². The third-order valence-electron chi connectivity index (χ3n) is 3.51. The van der Waals surface area contributed by atoms with E-state index in [9.17, 15) is 4.79 Å². The lowest BCUT2D eigenvalue weighted by molar-refractivity contribution is -0.123. The Morgan fingerprint density at radius 3 is 2.71 bits per heavy atom. The van der Waals surface area contributed by atoms with E-state index in [4.69, 9.17) is 9.47 Å². The molecule has 1 aliphatic carbocycles. The molecule has 2 rings (SSSR count). The molecule has 0 aromatic heterocycles. The third kappa shape index (κ3) is 5.10. The van der Waals surface area contributed by atoms with E-state index in [1.807, 2.05) is 0 Å². The number of carbonyl (C=O) groups is 1. The molecule has 1 aromatic rings. The van der Waals surface area contributed by atoms with Gasteiger partial charge in [0.1, 0.15) is 11.5 Å². The van der Waals surface area contributed by atoms with Gasteiger partial charge in [-0.15, -0.1) is 0 Å². The third-order valence-corrected chi connectivity index (χ3v) is 3.51. The lowest BCUT2D eigenvalue weighted by atomic mass is 9.89. The Balaban J connectivity index is 1.75. The molecule has 1 aliphatic rings. The van der Waals surface area contributed by atoms with Crippen LogP contribution in [0.25, 0.3) is 0 Å². The van der Waals surface area contributed by atoms with Crippen molar-refractivity contribution in [2.75, 3.05) is 13.7 Å². The van der Waals surface area contributed by atoms with Crippen molar-refractivity contribution in [3.05, 3.63) is 24.3 Å². The largest absolute Gasteiger partial charge is 0.497 e. The number of hydrogen-bond acceptors (Lipinski definition) is 4. The summed E-state index contributed by atoms with van der Waals surface area (Å²) in [5, 5.41) is 4.19. The second kappa shape index (κ2) is 7.67. The van der Waals surface area contributed by atoms with Crippen LogP contribution in [0.1, 0.15) is 32.6 Å². The molecule has 5 heteroatoms. The van der Waals surface area contributed by atoms with Crippen molar-refractivity contribution in [3.8, 4) is 11.5 Å². The van der Waals surface area contributed by atoms with Gasteiger partial charge in [0.15, 0.2) is 6.61 Å². The highest BCUT2D eigenvalue weighted by molar-refractivity contribution is 5.87. The summed E-state index contributed by atoms with van der Waals surface area (Å²) in [6, 6.07) is 7.11. The zero-order chi connectivity index (χ0) is 15.1. The van der Waals surface area contributed by atoms with Crippen LogP contribution in [0, 0.1) is 5.92 Å². The fourth-order valence-electron chi connectivity index (χ4n) is 2.36. The number of rotatable bonds is 5. The van der Waals surface area contributed by atoms with Gasteiger partial charge in [0, 0.05) is 5.71 Å². The fraction of sp³-hybridized carbons (Fsp3) is 0.500. The Kier molecular flexibility index (Phi) is 5.60. The van der Waals surface area contributed by atoms with Crippen LogP contribution >= 0.6 is 0 Å². The molecule has 0 saturated heterocycles. The van der Waals surface area contributed by atoms with Crippen LogP contribution in [0.5, 0.6) is 11.5 Å². The number of methoxy groups -OCH3 is 1. The Labute approximate surface area is 125 Å². The molecule has 1 fully saturated rings. The molecular weight excluding hydrogens is 268 g/mol. The molecule has 0 bridgehead atoms. The number of amides is 1. The summed E-state index contributed by atoms with van der Waals surface area (Å²) in [4.78, 5) is 11.7. The Morgan fingerprint density at radius 2 is 2.05 bits per heavy atom. The number of nitrogens with zero attached hydrogens (tertiary/aromatic N) is 1. The number of hydrazone groups is 1. The summed E-state index contributed by atoms with van der Waals surface area (Å²) in [5.41, 5.74) is 3.64. The van der Waals surface area contributed by atoms with E-state index in [0.717, 1.165) is 30.7 Å². The molecule has 0 aliphatic heterocycles. The van der Waals surface area contributed by atoms with Gasteiger partial charge in [0.25, 0.3) is 5.91 Å². The van der Waals surface area contributed by atoms with E-state index in [1.165, 1.54) is 6.42 Å². The average Bonchev–Trinajstić information content (AvgIpc) is 2.51. The lowest BCUT2D eigenvalue weighted by Gasteiger charge is -2.18. The predicted octanol–water partition coefficient (Wildman–Crippen LogP) is 2.76. The molecule has 114 valence electrons. The van der Waals surface area contributed by atoms with Crippen molar-refractivity contribution in [1.82, 2.24) is 5.43 Å². The van der Waals surface area contributed by atoms with Crippen LogP contribution in [0.15, 0.2) is 29.4 Å². The maximum Gasteiger partial charge on any atom is 0.277 e. The first-order valence-electron chi connectivity index (χ1n) is 7.28. The van der Waals surface area contributed by atoms with Crippen molar-refractivity contribution < 1.29 is 14.3 Å². The second-order valence-corrected chi connectivity index (χ2v) is 5.38. The minimum absolute atomic E-state index is 0.0430. The zero-order valence-electron chi connectivity index (χ0n) is 12.6. The Bertz CT molecular complexity index is 497. The van der Waals surface area contributed by atoms with E-state index in [1.54, 1.807) is 31.4 Å². The molecule has 1 saturated carbocycles. The van der Waals surface area contributed by atoms with E-state index < -0.39 is 0 Å². The summed E-state index contributed by atoms with van der Waals surface area (Å²) in [5.74, 6) is 1.80. The number of hydrogen-bond donors (Lipinski definition) is 1. The van der Waals surface area contributed by atoms with Gasteiger partial charge in [-0.25, -0.2) is 5.43 Å². The molecule has 1 amide bonds. The standard InChI is InChI=1S/C16H22N2O3/c1-12-4-3-5-13(10-12)17-18-16(19)11-21-15-8-6-14(20-2)7-9-15/h6-9,12H,3-5,10-11H2,1-2H3,(H,18,19)/b17-13+/t12-/m1/s1. The molecule has 0 radical (unpaired) electrons. The van der Waals surface area contributed by atoms with Gasteiger partial charge in [-0.2, -0.15) is 5.10 Å². The maximum atomic E-state index is 11.7. The molecular formula is C16H22N2O3. The van der Waals surface area contributed by atoms with E-state index in [0.29, 0.717) is 11.7 Å². The highest BCUT2D eigenvalue weighted by Crippen LogP contribution is 2.21. The number of benzene rings is 1. The van der Waals surface area contributed by atoms with Gasteiger partial charge in [-0.05, 0) is 55.9 Å². The summed E-state index contributed by atoms with van der Waals surface area (Å²) < 4.78 is 10.4. The van der Waals surface area contributed by atoms with E-state index in [2.05, 4.69) is 17.5 Å². The molecule has 0 spiro atoms. The first kappa shape index (κ1) is 15.4. The summed E-state index contributed by atoms with van der Waals surface area (Å²) in [6.07, 6.45) is 4.34. The topological polar surface area (TPSA) is 59.9 Å². The van der Waals surface area contributed by atoms with Gasteiger partial charge in [0.2, 0.25) is 0 Å². The van der Waals surface area contributed by atoms with Crippen LogP contribution < -0.4 is 14.9 Å². The Hall–Kier alpha value is -2.04. The summed E-state index contributed by atoms with van der Waals surface area (Å²) in [6.45, 7) is 2.17. The highest BCUT2D eigenvalue weighted by atomic mass is 16.5. The van der Waals surface area contributed by atoms with Crippen molar-refractivity contribution in [2.24, 2.45) is 11.0 Å². The number of carbonyl (C=O) groups excluding carboxylic acids is 1. The van der Waals surface area contributed by atoms with Gasteiger partial charge in [-0.3, -0.25) is 4.79 Å². The minimum Gasteiger partial charge on any atom is -0.497 e. The molecule has 0 unspecified atom stereocenters. The second-order valence-electron chi connectivity index (χ2n) is 5.38. The summed E-state index contributed by atoms with van der Waals surface area (Å²) in [7, 11) is 1.61. The fourth-order valence-corrected chi connectivity index (χ4v) is 2.36. The van der Waals surface area contributed by atoms with Crippen LogP contribution in [0.2, 0.25) is 0 Å². The average molecular weight is 290 g/mol. The molecule has 21 heavy (non-hydrogen) atoms. The first-order valence-corrected chi connectivity index (χ1v) is 7.28. The van der Waals surface area contributed by atoms with Crippen molar-refractivity contribution in [2.45, 2.75) is 32.6 Å². The number of ether oxygens (including phenoxy) is 2. The monoisotopic (exact) mass is 290 g/mol. The van der Waals surface area contributed by atoms with Gasteiger partial charge >= 0.3 is 0 Å². The smallest absolute Gasteiger partial charge is 0.277 e. The quantitative estimate of drug-likeness (QED) is 0.848. The normalized spacial score (nSPS) is 20.1. The Morgan fingerprint density at radius 1 is 1.33 bits per heavy atom. The lowest BCUT2D eigenvalue weighted by Crippen LogP contribution is -2.27. The van der Waals surface area contributed by atoms with Crippen molar-refractivity contribution in [3.63, 3.8) is 0 Å². The van der Waals surface area contributed by atoms with Gasteiger partial charge < -0.3 is 9.47 Å². The van der Waals surface area contributed by atoms with Crippen LogP contribution in [0.3, 0.4) is 0 Å². The molecule has 5 nitrogen and oxygen atoms in total. The predicted molar refractivity (Wildman–Crippen MR) is 81.7 cm³/mol. The molecule has 1 N–H and O–H groups in total. The van der Waals surface area contributed by atoms with Crippen LogP contribution in [0.4, 0.5) is 0 Å². The SMILES string of the molecule is COc1ccc(OCC(=O)N/N=C2\CCC[C@@H](C)C2)cc1. The van der Waals surface area contributed by atoms with Crippen molar-refractivity contribution in [1.29, 1.82) is 0 Å². The highest BCUT2D eigenvalue weighted by Gasteiger charge is 2.14. The van der Waals surface area contributed by atoms with Gasteiger partial charge in [0.05, 0.1) is 7.11 Å². The van der Waals surface area contributed by atoms with Crippen LogP contribution in [-0.4, -0.2) is 25.3 Å². The summed E-state index contributed by atoms with van der Waals surface area (Å²) >= 11 is 0. The number of nitrogens with one attached hydrogen (secondary N) is 1. The van der Waals surface area contributed by atoms with E-state index >= 15 is 0 Å². The molecule has 1 atom stereocenters. The van der Waals surface area contributed by atoms with Crippen LogP contribution in [-0.2, 0) is 4.79 Å². The van der Waals surface area contributed by atoms with Gasteiger partial charge in [-0.1, -0.05) is 6.92 Å². The first-order chi connectivity index (χ1) is 10.2. The molecule has 0 heterocycles.